The monoisotopic (exact) mass is 225 g/mol. The predicted octanol–water partition coefficient (Wildman–Crippen LogP) is 1.14. The Morgan fingerprint density at radius 1 is 1.44 bits per heavy atom. The van der Waals surface area contributed by atoms with Gasteiger partial charge in [-0.15, -0.1) is 0 Å². The quantitative estimate of drug-likeness (QED) is 0.761. The maximum absolute atomic E-state index is 6.10. The molecule has 0 aromatic carbocycles. The molecule has 0 spiro atoms. The van der Waals surface area contributed by atoms with E-state index in [0.717, 1.165) is 25.0 Å². The van der Waals surface area contributed by atoms with Gasteiger partial charge in [-0.25, -0.2) is 0 Å². The number of hydrogen-bond acceptors (Lipinski definition) is 3. The molecule has 2 N–H and O–H groups in total. The first kappa shape index (κ1) is 12.3. The standard InChI is InChI=1S/C13H27N3/c1-11(2)8-16(12-4-5-12)13(9-14)6-7-15(3)10-13/h11-12H,4-10,14H2,1-3H3. The average Bonchev–Trinajstić information content (AvgIpc) is 2.99. The van der Waals surface area contributed by atoms with Crippen LogP contribution in [0.4, 0.5) is 0 Å². The van der Waals surface area contributed by atoms with Crippen LogP contribution in [0.2, 0.25) is 0 Å². The van der Waals surface area contributed by atoms with Crippen LogP contribution in [0.5, 0.6) is 0 Å². The highest BCUT2D eigenvalue weighted by Crippen LogP contribution is 2.37. The van der Waals surface area contributed by atoms with Gasteiger partial charge >= 0.3 is 0 Å². The fourth-order valence-corrected chi connectivity index (χ4v) is 3.09. The first-order valence-electron chi connectivity index (χ1n) is 6.73. The summed E-state index contributed by atoms with van der Waals surface area (Å²) in [7, 11) is 2.22. The predicted molar refractivity (Wildman–Crippen MR) is 68.5 cm³/mol. The second kappa shape index (κ2) is 4.63. The molecule has 2 rings (SSSR count). The molecule has 16 heavy (non-hydrogen) atoms. The average molecular weight is 225 g/mol. The van der Waals surface area contributed by atoms with E-state index in [-0.39, 0.29) is 5.54 Å². The highest BCUT2D eigenvalue weighted by atomic mass is 15.3. The minimum absolute atomic E-state index is 0.278. The van der Waals surface area contributed by atoms with Gasteiger partial charge in [-0.1, -0.05) is 13.8 Å². The lowest BCUT2D eigenvalue weighted by Crippen LogP contribution is -2.57. The summed E-state index contributed by atoms with van der Waals surface area (Å²) in [6, 6.07) is 0.831. The van der Waals surface area contributed by atoms with Crippen molar-refractivity contribution in [2.75, 3.05) is 33.2 Å². The Balaban J connectivity index is 2.09. The Morgan fingerprint density at radius 3 is 2.50 bits per heavy atom. The van der Waals surface area contributed by atoms with Gasteiger partial charge in [-0.05, 0) is 38.8 Å². The number of rotatable bonds is 5. The van der Waals surface area contributed by atoms with Gasteiger partial charge in [0.1, 0.15) is 0 Å². The van der Waals surface area contributed by atoms with Crippen LogP contribution < -0.4 is 5.73 Å². The van der Waals surface area contributed by atoms with E-state index in [1.165, 1.54) is 32.4 Å². The van der Waals surface area contributed by atoms with Crippen LogP contribution in [-0.4, -0.2) is 54.6 Å². The third kappa shape index (κ3) is 2.41. The molecule has 2 fully saturated rings. The molecule has 1 saturated heterocycles. The number of nitrogens with zero attached hydrogens (tertiary/aromatic N) is 2. The SMILES string of the molecule is CC(C)CN(C1CC1)C1(CN)CCN(C)C1. The molecule has 0 aromatic heterocycles. The van der Waals surface area contributed by atoms with Gasteiger partial charge in [0.25, 0.3) is 0 Å². The summed E-state index contributed by atoms with van der Waals surface area (Å²) in [6.07, 6.45) is 4.03. The summed E-state index contributed by atoms with van der Waals surface area (Å²) < 4.78 is 0. The summed E-state index contributed by atoms with van der Waals surface area (Å²) in [4.78, 5) is 5.17. The van der Waals surface area contributed by atoms with Crippen molar-refractivity contribution in [3.8, 4) is 0 Å². The highest BCUT2D eigenvalue weighted by molar-refractivity contribution is 5.04. The van der Waals surface area contributed by atoms with E-state index < -0.39 is 0 Å². The number of likely N-dealkylation sites (N-methyl/N-ethyl adjacent to an activating group) is 1. The molecule has 1 unspecified atom stereocenters. The van der Waals surface area contributed by atoms with Crippen molar-refractivity contribution in [2.45, 2.75) is 44.7 Å². The second-order valence-electron chi connectivity index (χ2n) is 6.19. The smallest absolute Gasteiger partial charge is 0.0473 e. The summed E-state index contributed by atoms with van der Waals surface area (Å²) in [6.45, 7) is 9.04. The molecule has 1 atom stereocenters. The lowest BCUT2D eigenvalue weighted by molar-refractivity contribution is 0.0791. The fraction of sp³-hybridized carbons (Fsp3) is 1.00. The van der Waals surface area contributed by atoms with Gasteiger partial charge in [0.2, 0.25) is 0 Å². The molecule has 1 aliphatic carbocycles. The van der Waals surface area contributed by atoms with Crippen LogP contribution >= 0.6 is 0 Å². The van der Waals surface area contributed by atoms with Crippen LogP contribution in [-0.2, 0) is 0 Å². The molecule has 0 radical (unpaired) electrons. The summed E-state index contributed by atoms with van der Waals surface area (Å²) in [5.41, 5.74) is 6.38. The van der Waals surface area contributed by atoms with E-state index in [0.29, 0.717) is 0 Å². The van der Waals surface area contributed by atoms with E-state index in [2.05, 4.69) is 30.7 Å². The van der Waals surface area contributed by atoms with Gasteiger partial charge in [-0.2, -0.15) is 0 Å². The Hall–Kier alpha value is -0.120. The first-order valence-corrected chi connectivity index (χ1v) is 6.73. The Bertz CT molecular complexity index is 237. The Labute approximate surface area is 100.0 Å². The molecule has 1 heterocycles. The molecule has 1 aliphatic heterocycles. The van der Waals surface area contributed by atoms with Gasteiger partial charge in [0, 0.05) is 31.2 Å². The summed E-state index contributed by atoms with van der Waals surface area (Å²) in [5, 5.41) is 0. The maximum atomic E-state index is 6.10. The molecule has 0 bridgehead atoms. The molecule has 0 aromatic rings. The topological polar surface area (TPSA) is 32.5 Å². The van der Waals surface area contributed by atoms with E-state index in [9.17, 15) is 0 Å². The molecule has 94 valence electrons. The van der Waals surface area contributed by atoms with Crippen LogP contribution in [0.1, 0.15) is 33.1 Å². The zero-order valence-electron chi connectivity index (χ0n) is 11.1. The second-order valence-corrected chi connectivity index (χ2v) is 6.19. The third-order valence-corrected chi connectivity index (χ3v) is 4.06. The summed E-state index contributed by atoms with van der Waals surface area (Å²) >= 11 is 0. The number of hydrogen-bond donors (Lipinski definition) is 1. The third-order valence-electron chi connectivity index (χ3n) is 4.06. The molecule has 3 nitrogen and oxygen atoms in total. The Morgan fingerprint density at radius 2 is 2.12 bits per heavy atom. The van der Waals surface area contributed by atoms with E-state index in [1.54, 1.807) is 0 Å². The van der Waals surface area contributed by atoms with Crippen molar-refractivity contribution >= 4 is 0 Å². The highest BCUT2D eigenvalue weighted by Gasteiger charge is 2.46. The fourth-order valence-electron chi connectivity index (χ4n) is 3.09. The number of likely N-dealkylation sites (tertiary alicyclic amines) is 1. The van der Waals surface area contributed by atoms with E-state index in [1.807, 2.05) is 0 Å². The molecule has 2 aliphatic rings. The summed E-state index contributed by atoms with van der Waals surface area (Å²) in [5.74, 6) is 0.745. The van der Waals surface area contributed by atoms with Crippen molar-refractivity contribution in [2.24, 2.45) is 11.7 Å². The van der Waals surface area contributed by atoms with Gasteiger partial charge in [0.15, 0.2) is 0 Å². The molecular weight excluding hydrogens is 198 g/mol. The van der Waals surface area contributed by atoms with Crippen molar-refractivity contribution in [3.05, 3.63) is 0 Å². The van der Waals surface area contributed by atoms with Crippen molar-refractivity contribution in [3.63, 3.8) is 0 Å². The number of nitrogens with two attached hydrogens (primary N) is 1. The van der Waals surface area contributed by atoms with Gasteiger partial charge in [0.05, 0.1) is 0 Å². The van der Waals surface area contributed by atoms with Gasteiger partial charge < -0.3 is 10.6 Å². The van der Waals surface area contributed by atoms with E-state index in [4.69, 9.17) is 5.73 Å². The van der Waals surface area contributed by atoms with Crippen LogP contribution in [0.3, 0.4) is 0 Å². The van der Waals surface area contributed by atoms with Crippen molar-refractivity contribution in [1.82, 2.24) is 9.80 Å². The van der Waals surface area contributed by atoms with Crippen LogP contribution in [0, 0.1) is 5.92 Å². The normalized spacial score (nSPS) is 31.9. The largest absolute Gasteiger partial charge is 0.329 e. The molecular formula is C13H27N3. The maximum Gasteiger partial charge on any atom is 0.0473 e. The zero-order chi connectivity index (χ0) is 11.8. The molecule has 0 amide bonds. The lowest BCUT2D eigenvalue weighted by Gasteiger charge is -2.42. The van der Waals surface area contributed by atoms with Gasteiger partial charge in [-0.3, -0.25) is 4.90 Å². The minimum atomic E-state index is 0.278. The van der Waals surface area contributed by atoms with Crippen molar-refractivity contribution in [1.29, 1.82) is 0 Å². The van der Waals surface area contributed by atoms with Crippen molar-refractivity contribution < 1.29 is 0 Å². The zero-order valence-corrected chi connectivity index (χ0v) is 11.1. The lowest BCUT2D eigenvalue weighted by atomic mass is 9.94. The van der Waals surface area contributed by atoms with E-state index >= 15 is 0 Å². The Kier molecular flexibility index (Phi) is 3.57. The van der Waals surface area contributed by atoms with Crippen LogP contribution in [0.25, 0.3) is 0 Å². The molecule has 1 saturated carbocycles. The minimum Gasteiger partial charge on any atom is -0.329 e. The molecule has 3 heteroatoms. The first-order chi connectivity index (χ1) is 7.57. The van der Waals surface area contributed by atoms with Crippen LogP contribution in [0.15, 0.2) is 0 Å².